The molecule has 1 aromatic heterocycles. The fourth-order valence-corrected chi connectivity index (χ4v) is 4.99. The number of halogens is 2. The summed E-state index contributed by atoms with van der Waals surface area (Å²) in [6.07, 6.45) is 0. The molecule has 0 radical (unpaired) electrons. The molecule has 1 aliphatic heterocycles. The van der Waals surface area contributed by atoms with E-state index in [-0.39, 0.29) is 5.91 Å². The molecule has 160 valence electrons. The fourth-order valence-electron chi connectivity index (χ4n) is 3.46. The van der Waals surface area contributed by atoms with Crippen molar-refractivity contribution in [3.8, 4) is 17.2 Å². The van der Waals surface area contributed by atoms with Crippen molar-refractivity contribution in [2.24, 2.45) is 0 Å². The Morgan fingerprint density at radius 1 is 0.969 bits per heavy atom. The molecule has 32 heavy (non-hydrogen) atoms. The zero-order valence-corrected chi connectivity index (χ0v) is 19.0. The molecule has 0 spiro atoms. The maximum Gasteiger partial charge on any atom is 0.258 e. The molecular weight excluding hydrogens is 465 g/mol. The van der Waals surface area contributed by atoms with Gasteiger partial charge in [0.15, 0.2) is 0 Å². The zero-order valence-electron chi connectivity index (χ0n) is 16.7. The van der Waals surface area contributed by atoms with Crippen molar-refractivity contribution < 1.29 is 9.53 Å². The lowest BCUT2D eigenvalue weighted by atomic mass is 10.2. The predicted molar refractivity (Wildman–Crippen MR) is 129 cm³/mol. The molecule has 1 amide bonds. The first-order valence-corrected chi connectivity index (χ1v) is 11.8. The van der Waals surface area contributed by atoms with Crippen LogP contribution in [0, 0.1) is 0 Å². The van der Waals surface area contributed by atoms with E-state index in [0.29, 0.717) is 27.2 Å². The fraction of sp³-hybridized carbons (Fsp3) is 0.0833. The maximum atomic E-state index is 13.0. The van der Waals surface area contributed by atoms with Gasteiger partial charge in [-0.05, 0) is 54.6 Å². The van der Waals surface area contributed by atoms with Gasteiger partial charge in [0.25, 0.3) is 5.91 Å². The summed E-state index contributed by atoms with van der Waals surface area (Å²) in [5, 5.41) is 8.53. The minimum Gasteiger partial charge on any atom is -0.457 e. The lowest BCUT2D eigenvalue weighted by Gasteiger charge is -2.12. The van der Waals surface area contributed by atoms with Gasteiger partial charge < -0.3 is 10.1 Å². The SMILES string of the molecule is O=C(Nc1c2c(nn1-c1ccc(Oc3ccccc3)cc1)CSC2)c1ccc(Cl)cc1Cl. The Hall–Kier alpha value is -2.93. The first-order valence-electron chi connectivity index (χ1n) is 9.87. The molecule has 1 N–H and O–H groups in total. The Labute approximate surface area is 199 Å². The van der Waals surface area contributed by atoms with Crippen molar-refractivity contribution in [3.63, 3.8) is 0 Å². The minimum absolute atomic E-state index is 0.300. The number of rotatable bonds is 5. The highest BCUT2D eigenvalue weighted by Gasteiger charge is 2.25. The van der Waals surface area contributed by atoms with Crippen LogP contribution in [0.1, 0.15) is 21.6 Å². The summed E-state index contributed by atoms with van der Waals surface area (Å²) in [4.78, 5) is 13.0. The lowest BCUT2D eigenvalue weighted by Crippen LogP contribution is -2.16. The number of ether oxygens (including phenoxy) is 1. The summed E-state index contributed by atoms with van der Waals surface area (Å²) >= 11 is 14.0. The minimum atomic E-state index is -0.309. The summed E-state index contributed by atoms with van der Waals surface area (Å²) in [5.74, 6) is 3.42. The molecule has 0 atom stereocenters. The summed E-state index contributed by atoms with van der Waals surface area (Å²) in [5.41, 5.74) is 3.17. The van der Waals surface area contributed by atoms with Gasteiger partial charge in [0.05, 0.1) is 22.0 Å². The van der Waals surface area contributed by atoms with Gasteiger partial charge >= 0.3 is 0 Å². The highest BCUT2D eigenvalue weighted by molar-refractivity contribution is 7.98. The van der Waals surface area contributed by atoms with Gasteiger partial charge in [-0.3, -0.25) is 4.79 Å². The second kappa shape index (κ2) is 8.90. The van der Waals surface area contributed by atoms with Crippen LogP contribution in [0.25, 0.3) is 5.69 Å². The number of anilines is 1. The van der Waals surface area contributed by atoms with E-state index in [1.54, 1.807) is 34.6 Å². The molecule has 5 nitrogen and oxygen atoms in total. The topological polar surface area (TPSA) is 56.2 Å². The number of thioether (sulfide) groups is 1. The Bertz CT molecular complexity index is 1290. The number of nitrogens with one attached hydrogen (secondary N) is 1. The van der Waals surface area contributed by atoms with E-state index >= 15 is 0 Å². The number of hydrogen-bond donors (Lipinski definition) is 1. The normalized spacial score (nSPS) is 12.4. The number of aromatic nitrogens is 2. The van der Waals surface area contributed by atoms with E-state index in [1.807, 2.05) is 54.6 Å². The molecule has 0 bridgehead atoms. The number of fused-ring (bicyclic) bond motifs is 1. The average molecular weight is 482 g/mol. The van der Waals surface area contributed by atoms with Crippen LogP contribution in [0.4, 0.5) is 5.82 Å². The number of hydrogen-bond acceptors (Lipinski definition) is 4. The molecule has 0 saturated heterocycles. The Balaban J connectivity index is 1.44. The number of nitrogens with zero attached hydrogens (tertiary/aromatic N) is 2. The third kappa shape index (κ3) is 4.21. The number of para-hydroxylation sites is 1. The Morgan fingerprint density at radius 2 is 1.72 bits per heavy atom. The monoisotopic (exact) mass is 481 g/mol. The van der Waals surface area contributed by atoms with Gasteiger partial charge in [-0.25, -0.2) is 4.68 Å². The Kier molecular flexibility index (Phi) is 5.83. The van der Waals surface area contributed by atoms with E-state index in [9.17, 15) is 4.79 Å². The van der Waals surface area contributed by atoms with Crippen molar-refractivity contribution in [3.05, 3.63) is 99.7 Å². The standard InChI is InChI=1S/C24H17Cl2N3O2S/c25-15-6-11-19(21(26)12-15)24(30)27-23-20-13-32-14-22(20)28-29(23)16-7-9-18(10-8-16)31-17-4-2-1-3-5-17/h1-12H,13-14H2,(H,27,30). The van der Waals surface area contributed by atoms with Crippen molar-refractivity contribution in [2.75, 3.05) is 5.32 Å². The second-order valence-corrected chi connectivity index (χ2v) is 8.99. The number of benzene rings is 3. The third-order valence-electron chi connectivity index (χ3n) is 5.02. The van der Waals surface area contributed by atoms with Crippen LogP contribution in [-0.2, 0) is 11.5 Å². The maximum absolute atomic E-state index is 13.0. The van der Waals surface area contributed by atoms with Crippen LogP contribution in [0.2, 0.25) is 10.0 Å². The van der Waals surface area contributed by atoms with Crippen molar-refractivity contribution in [2.45, 2.75) is 11.5 Å². The van der Waals surface area contributed by atoms with Crippen molar-refractivity contribution in [1.29, 1.82) is 0 Å². The van der Waals surface area contributed by atoms with Gasteiger partial charge in [0.1, 0.15) is 17.3 Å². The van der Waals surface area contributed by atoms with Crippen LogP contribution in [0.3, 0.4) is 0 Å². The van der Waals surface area contributed by atoms with E-state index in [4.69, 9.17) is 33.0 Å². The van der Waals surface area contributed by atoms with Crippen molar-refractivity contribution >= 4 is 46.7 Å². The molecule has 0 fully saturated rings. The predicted octanol–water partition coefficient (Wildman–Crippen LogP) is 6.97. The number of amides is 1. The average Bonchev–Trinajstić information content (AvgIpc) is 3.38. The van der Waals surface area contributed by atoms with E-state index in [1.165, 1.54) is 0 Å². The largest absolute Gasteiger partial charge is 0.457 e. The van der Waals surface area contributed by atoms with Crippen LogP contribution in [0.15, 0.2) is 72.8 Å². The highest BCUT2D eigenvalue weighted by atomic mass is 35.5. The molecule has 0 aliphatic carbocycles. The lowest BCUT2D eigenvalue weighted by molar-refractivity contribution is 0.102. The molecule has 4 aromatic rings. The molecular formula is C24H17Cl2N3O2S. The molecule has 3 aromatic carbocycles. The second-order valence-electron chi connectivity index (χ2n) is 7.17. The van der Waals surface area contributed by atoms with Gasteiger partial charge in [0.2, 0.25) is 0 Å². The van der Waals surface area contributed by atoms with Crippen LogP contribution < -0.4 is 10.1 Å². The number of carbonyl (C=O) groups is 1. The molecule has 0 saturated carbocycles. The first kappa shape index (κ1) is 20.9. The van der Waals surface area contributed by atoms with Crippen LogP contribution >= 0.6 is 35.0 Å². The van der Waals surface area contributed by atoms with Gasteiger partial charge in [-0.1, -0.05) is 41.4 Å². The van der Waals surface area contributed by atoms with E-state index in [0.717, 1.165) is 34.2 Å². The van der Waals surface area contributed by atoms with Gasteiger partial charge in [-0.2, -0.15) is 16.9 Å². The van der Waals surface area contributed by atoms with Crippen molar-refractivity contribution in [1.82, 2.24) is 9.78 Å². The van der Waals surface area contributed by atoms with Gasteiger partial charge in [0, 0.05) is 22.1 Å². The third-order valence-corrected chi connectivity index (χ3v) is 6.54. The van der Waals surface area contributed by atoms with Crippen LogP contribution in [-0.4, -0.2) is 15.7 Å². The summed E-state index contributed by atoms with van der Waals surface area (Å²) in [6, 6.07) is 22.0. The quantitative estimate of drug-likeness (QED) is 0.334. The first-order chi connectivity index (χ1) is 15.6. The Morgan fingerprint density at radius 3 is 2.47 bits per heavy atom. The smallest absolute Gasteiger partial charge is 0.258 e. The summed E-state index contributed by atoms with van der Waals surface area (Å²) < 4.78 is 7.64. The molecule has 5 rings (SSSR count). The highest BCUT2D eigenvalue weighted by Crippen LogP contribution is 2.37. The van der Waals surface area contributed by atoms with E-state index in [2.05, 4.69) is 5.32 Å². The molecule has 2 heterocycles. The van der Waals surface area contributed by atoms with E-state index < -0.39 is 0 Å². The number of carbonyl (C=O) groups excluding carboxylic acids is 1. The molecule has 8 heteroatoms. The summed E-state index contributed by atoms with van der Waals surface area (Å²) in [7, 11) is 0. The molecule has 0 unspecified atom stereocenters. The summed E-state index contributed by atoms with van der Waals surface area (Å²) in [6.45, 7) is 0. The van der Waals surface area contributed by atoms with Gasteiger partial charge in [-0.15, -0.1) is 0 Å². The van der Waals surface area contributed by atoms with Crippen LogP contribution in [0.5, 0.6) is 11.5 Å². The molecule has 1 aliphatic rings. The zero-order chi connectivity index (χ0) is 22.1.